The van der Waals surface area contributed by atoms with E-state index in [9.17, 15) is 28.7 Å². The molecule has 0 saturated heterocycles. The van der Waals surface area contributed by atoms with Crippen LogP contribution in [0, 0.1) is 28.6 Å². The largest absolute Gasteiger partial charge is 0.447 e. The van der Waals surface area contributed by atoms with Crippen LogP contribution in [0.4, 0.5) is 8.78 Å². The number of rotatable bonds is 10. The van der Waals surface area contributed by atoms with Crippen LogP contribution in [-0.2, 0) is 30.3 Å². The van der Waals surface area contributed by atoms with Gasteiger partial charge in [-0.05, 0) is 73.6 Å². The number of aliphatic hydroxyl groups is 1. The molecule has 3 saturated carbocycles. The molecule has 0 bridgehead atoms. The van der Waals surface area contributed by atoms with Gasteiger partial charge in [0.05, 0.1) is 23.7 Å². The maximum absolute atomic E-state index is 18.3. The topological polar surface area (TPSA) is 151 Å². The zero-order valence-corrected chi connectivity index (χ0v) is 29.0. The van der Waals surface area contributed by atoms with Crippen LogP contribution in [0.15, 0.2) is 36.0 Å². The molecular weight excluding hydrogens is 656 g/mol. The Hall–Kier alpha value is -3.42. The monoisotopic (exact) mass is 699 g/mol. The predicted molar refractivity (Wildman–Crippen MR) is 178 cm³/mol. The molecule has 264 valence electrons. The Morgan fingerprint density at radius 2 is 1.94 bits per heavy atom. The molecule has 1 heterocycles. The molecule has 0 spiro atoms. The molecule has 6 rings (SSSR count). The lowest BCUT2D eigenvalue weighted by Crippen LogP contribution is -2.70. The second-order valence-electron chi connectivity index (χ2n) is 14.6. The molecule has 10 nitrogen and oxygen atoms in total. The van der Waals surface area contributed by atoms with Crippen molar-refractivity contribution in [3.63, 3.8) is 0 Å². The molecule has 0 radical (unpaired) electrons. The number of Topliss-reactive ketones (excluding diaryl/α,β-unsaturated/α-hetero) is 1. The molecule has 1 aromatic carbocycles. The van der Waals surface area contributed by atoms with Gasteiger partial charge in [-0.25, -0.2) is 18.3 Å². The summed E-state index contributed by atoms with van der Waals surface area (Å²) in [6.45, 7) is 5.01. The van der Waals surface area contributed by atoms with Crippen LogP contribution in [0.1, 0.15) is 80.9 Å². The first-order chi connectivity index (χ1) is 23.2. The Kier molecular flexibility index (Phi) is 9.19. The van der Waals surface area contributed by atoms with E-state index in [1.54, 1.807) is 42.9 Å². The lowest BCUT2D eigenvalue weighted by molar-refractivity contribution is -0.231. The van der Waals surface area contributed by atoms with Gasteiger partial charge >= 0.3 is 5.97 Å². The highest BCUT2D eigenvalue weighted by Crippen LogP contribution is 2.72. The first-order valence-corrected chi connectivity index (χ1v) is 17.7. The minimum Gasteiger partial charge on any atom is -0.447 e. The zero-order valence-electron chi connectivity index (χ0n) is 28.2. The number of carbonyl (C=O) groups is 4. The number of alkyl halides is 2. The number of amides is 1. The summed E-state index contributed by atoms with van der Waals surface area (Å²) < 4.78 is 44.6. The molecule has 8 atom stereocenters. The van der Waals surface area contributed by atoms with E-state index < -0.39 is 75.6 Å². The van der Waals surface area contributed by atoms with Crippen molar-refractivity contribution < 1.29 is 42.5 Å². The number of methoxy groups -OCH3 is 1. The number of nitrogens with zero attached hydrogens (tertiary/aromatic N) is 2. The van der Waals surface area contributed by atoms with Gasteiger partial charge in [0, 0.05) is 48.2 Å². The second kappa shape index (κ2) is 12.7. The first-order valence-electron chi connectivity index (χ1n) is 16.7. The summed E-state index contributed by atoms with van der Waals surface area (Å²) in [5.41, 5.74) is 2.55. The van der Waals surface area contributed by atoms with Gasteiger partial charge in [-0.1, -0.05) is 38.5 Å². The maximum atomic E-state index is 18.3. The average Bonchev–Trinajstić information content (AvgIpc) is 3.55. The zero-order chi connectivity index (χ0) is 35.5. The number of fused-ring (bicyclic) bond motifs is 6. The first kappa shape index (κ1) is 35.4. The molecule has 4 aliphatic carbocycles. The Bertz CT molecular complexity index is 1730. The van der Waals surface area contributed by atoms with E-state index >= 15 is 4.39 Å². The number of allylic oxidation sites excluding steroid dienone is 1. The van der Waals surface area contributed by atoms with Gasteiger partial charge in [0.1, 0.15) is 18.3 Å². The van der Waals surface area contributed by atoms with Crippen molar-refractivity contribution in [1.82, 2.24) is 9.78 Å². The van der Waals surface area contributed by atoms with E-state index in [4.69, 9.17) is 15.2 Å². The Morgan fingerprint density at radius 3 is 2.63 bits per heavy atom. The van der Waals surface area contributed by atoms with Crippen LogP contribution < -0.4 is 5.73 Å². The van der Waals surface area contributed by atoms with E-state index in [1.807, 2.05) is 19.1 Å². The van der Waals surface area contributed by atoms with Crippen molar-refractivity contribution in [3.8, 4) is 5.69 Å². The van der Waals surface area contributed by atoms with Crippen LogP contribution in [-0.4, -0.2) is 74.8 Å². The van der Waals surface area contributed by atoms with Crippen molar-refractivity contribution in [1.29, 1.82) is 0 Å². The molecule has 3 N–H and O–H groups in total. The Labute approximate surface area is 288 Å². The predicted octanol–water partition coefficient (Wildman–Crippen LogP) is 4.93. The number of hydrogen-bond acceptors (Lipinski definition) is 9. The second-order valence-corrected chi connectivity index (χ2v) is 15.4. The number of benzene rings is 1. The molecule has 1 aromatic heterocycles. The van der Waals surface area contributed by atoms with Gasteiger partial charge in [-0.2, -0.15) is 5.10 Å². The van der Waals surface area contributed by atoms with Crippen molar-refractivity contribution in [2.24, 2.45) is 34.3 Å². The lowest BCUT2D eigenvalue weighted by atomic mass is 9.44. The van der Waals surface area contributed by atoms with Gasteiger partial charge in [-0.15, -0.1) is 0 Å². The fourth-order valence-electron chi connectivity index (χ4n) is 9.95. The van der Waals surface area contributed by atoms with Crippen LogP contribution in [0.2, 0.25) is 0 Å². The van der Waals surface area contributed by atoms with Crippen LogP contribution >= 0.6 is 11.8 Å². The third kappa shape index (κ3) is 5.21. The number of aromatic nitrogens is 2. The summed E-state index contributed by atoms with van der Waals surface area (Å²) in [5.74, 6) is -3.20. The van der Waals surface area contributed by atoms with Gasteiger partial charge in [-0.3, -0.25) is 14.4 Å². The molecule has 3 fully saturated rings. The van der Waals surface area contributed by atoms with E-state index in [2.05, 4.69) is 5.10 Å². The molecule has 0 unspecified atom stereocenters. The molecule has 0 aliphatic heterocycles. The van der Waals surface area contributed by atoms with Gasteiger partial charge in [0.25, 0.3) is 0 Å². The van der Waals surface area contributed by atoms with Gasteiger partial charge in [0.15, 0.2) is 11.4 Å². The number of hydrogen-bond donors (Lipinski definition) is 2. The number of halogens is 2. The summed E-state index contributed by atoms with van der Waals surface area (Å²) >= 11 is 0.437. The van der Waals surface area contributed by atoms with Gasteiger partial charge in [0.2, 0.25) is 11.0 Å². The minimum atomic E-state index is -2.09. The van der Waals surface area contributed by atoms with Crippen LogP contribution in [0.25, 0.3) is 11.8 Å². The van der Waals surface area contributed by atoms with Crippen molar-refractivity contribution in [2.45, 2.75) is 83.1 Å². The van der Waals surface area contributed by atoms with E-state index in [1.165, 1.54) is 7.11 Å². The number of nitrogens with two attached hydrogens (primary N) is 1. The van der Waals surface area contributed by atoms with Crippen molar-refractivity contribution >= 4 is 40.6 Å². The van der Waals surface area contributed by atoms with E-state index in [0.717, 1.165) is 16.8 Å². The molecule has 49 heavy (non-hydrogen) atoms. The number of aliphatic hydroxyl groups excluding tert-OH is 1. The summed E-state index contributed by atoms with van der Waals surface area (Å²) in [4.78, 5) is 50.6. The SMILES string of the molecule is COCC(=O)O[C@]1(C(=O)SCF)[C@H](C)C[C@H]2[C@@H]3CCC4=Cc5c(cnn5-c5cccc(C(=O)CCC(N)=O)c5)C[C@]4(C)[C@@]3(F)[C@@H](O)C[C@@]21C. The van der Waals surface area contributed by atoms with Crippen molar-refractivity contribution in [2.75, 3.05) is 19.7 Å². The number of ether oxygens (including phenoxy) is 2. The lowest BCUT2D eigenvalue weighted by Gasteiger charge is -2.63. The molecular formula is C36H43F2N3O7S. The van der Waals surface area contributed by atoms with E-state index in [0.29, 0.717) is 42.3 Å². The minimum absolute atomic E-state index is 0.00113. The highest BCUT2D eigenvalue weighted by Gasteiger charge is 2.77. The van der Waals surface area contributed by atoms with Crippen LogP contribution in [0.5, 0.6) is 0 Å². The Balaban J connectivity index is 1.35. The Morgan fingerprint density at radius 1 is 1.18 bits per heavy atom. The number of primary amides is 1. The van der Waals surface area contributed by atoms with Gasteiger partial charge < -0.3 is 20.3 Å². The number of ketones is 1. The average molecular weight is 700 g/mol. The fraction of sp³-hybridized carbons (Fsp3) is 0.583. The standard InChI is InChI=1S/C36H43F2N3O7S/c1-20-12-26-25-9-8-23-14-27-22(17-40-41(27)24-7-5-6-21(13-24)28(42)10-11-30(39)44)15-33(23,2)35(25,38)29(43)16-34(26,3)36(20,32(46)49-19-37)48-31(45)18-47-4/h5-7,13-14,17,20,25-26,29,43H,8-12,15-16,18-19H2,1-4H3,(H2,39,44)/t20-,25+,26+,29+,33+,34+,35+,36+/m1/s1. The normalized spacial score (nSPS) is 34.6. The third-order valence-corrected chi connectivity index (χ3v) is 12.8. The molecule has 2 aromatic rings. The summed E-state index contributed by atoms with van der Waals surface area (Å²) in [5, 5.41) is 16.0. The number of thioether (sulfide) groups is 1. The van der Waals surface area contributed by atoms with Crippen LogP contribution in [0.3, 0.4) is 0 Å². The number of esters is 1. The molecule has 13 heteroatoms. The smallest absolute Gasteiger partial charge is 0.333 e. The number of carbonyl (C=O) groups excluding carboxylic acids is 4. The summed E-state index contributed by atoms with van der Waals surface area (Å²) in [6, 6.07) is 5.93. The summed E-state index contributed by atoms with van der Waals surface area (Å²) in [6.07, 6.45) is 3.47. The van der Waals surface area contributed by atoms with E-state index in [-0.39, 0.29) is 31.5 Å². The molecule has 4 aliphatic rings. The fourth-order valence-corrected chi connectivity index (χ4v) is 10.7. The quantitative estimate of drug-likeness (QED) is 0.260. The van der Waals surface area contributed by atoms with Crippen molar-refractivity contribution in [3.05, 3.63) is 52.9 Å². The maximum Gasteiger partial charge on any atom is 0.333 e. The highest BCUT2D eigenvalue weighted by molar-refractivity contribution is 8.13. The highest BCUT2D eigenvalue weighted by atomic mass is 32.2. The summed E-state index contributed by atoms with van der Waals surface area (Å²) in [7, 11) is 1.33. The molecule has 1 amide bonds. The third-order valence-electron chi connectivity index (χ3n) is 12.2.